The van der Waals surface area contributed by atoms with Gasteiger partial charge in [-0.2, -0.15) is 11.8 Å². The number of carboxylic acids is 1. The van der Waals surface area contributed by atoms with Crippen molar-refractivity contribution in [2.45, 2.75) is 50.5 Å². The Hall–Kier alpha value is -2.52. The molecule has 1 amide bonds. The number of nitrogens with zero attached hydrogens (tertiary/aromatic N) is 1. The van der Waals surface area contributed by atoms with Gasteiger partial charge in [-0.05, 0) is 26.5 Å². The molecule has 0 aliphatic rings. The van der Waals surface area contributed by atoms with E-state index in [1.807, 2.05) is 24.3 Å². The Labute approximate surface area is 248 Å². The van der Waals surface area contributed by atoms with Gasteiger partial charge in [-0.25, -0.2) is 0 Å². The first-order valence-corrected chi connectivity index (χ1v) is 17.6. The van der Waals surface area contributed by atoms with Crippen LogP contribution < -0.4 is 10.4 Å². The predicted octanol–water partition coefficient (Wildman–Crippen LogP) is 6.18. The molecule has 0 spiro atoms. The van der Waals surface area contributed by atoms with E-state index in [0.717, 1.165) is 22.0 Å². The van der Waals surface area contributed by atoms with Gasteiger partial charge in [0.05, 0.1) is 13.0 Å². The van der Waals surface area contributed by atoms with E-state index in [1.54, 1.807) is 42.5 Å². The van der Waals surface area contributed by atoms with E-state index in [2.05, 4.69) is 81.4 Å². The molecular weight excluding hydrogens is 555 g/mol. The summed E-state index contributed by atoms with van der Waals surface area (Å²) < 4.78 is 7.10. The number of aliphatic carboxylic acids is 1. The van der Waals surface area contributed by atoms with Crippen molar-refractivity contribution in [2.75, 3.05) is 24.9 Å². The Balaban J connectivity index is 1.82. The number of carboxylic acid groups (broad SMARTS) is 1. The van der Waals surface area contributed by atoms with Crippen molar-refractivity contribution in [3.63, 3.8) is 0 Å². The maximum Gasteiger partial charge on any atom is 0.304 e. The van der Waals surface area contributed by atoms with Crippen LogP contribution in [0.1, 0.15) is 50.0 Å². The number of thioether (sulfide) groups is 2. The zero-order valence-corrected chi connectivity index (χ0v) is 26.8. The van der Waals surface area contributed by atoms with Crippen molar-refractivity contribution in [1.82, 2.24) is 4.90 Å². The third-order valence-electron chi connectivity index (χ3n) is 6.87. The van der Waals surface area contributed by atoms with E-state index in [1.165, 1.54) is 10.4 Å². The average Bonchev–Trinajstić information content (AvgIpc) is 2.93. The lowest BCUT2D eigenvalue weighted by molar-refractivity contribution is -0.137. The Morgan fingerprint density at radius 2 is 1.52 bits per heavy atom. The summed E-state index contributed by atoms with van der Waals surface area (Å²) in [6.45, 7) is 7.23. The third-order valence-corrected chi connectivity index (χ3v) is 14.4. The summed E-state index contributed by atoms with van der Waals surface area (Å²) in [5.41, 5.74) is 2.02. The lowest BCUT2D eigenvalue weighted by atomic mass is 10.1. The largest absolute Gasteiger partial charge is 0.481 e. The molecule has 0 aliphatic carbocycles. The van der Waals surface area contributed by atoms with E-state index in [4.69, 9.17) is 4.43 Å². The fourth-order valence-corrected chi connectivity index (χ4v) is 11.8. The number of amides is 1. The second kappa shape index (κ2) is 14.9. The highest BCUT2D eigenvalue weighted by molar-refractivity contribution is 8.16. The van der Waals surface area contributed by atoms with Crippen molar-refractivity contribution >= 4 is 54.1 Å². The molecule has 0 aromatic heterocycles. The number of carbonyl (C=O) groups is 2. The minimum atomic E-state index is -2.68. The zero-order chi connectivity index (χ0) is 29.2. The summed E-state index contributed by atoms with van der Waals surface area (Å²) in [7, 11) is 0.834. The molecule has 3 aromatic rings. The molecule has 0 bridgehead atoms. The van der Waals surface area contributed by atoms with Gasteiger partial charge in [0.15, 0.2) is 0 Å². The first-order valence-electron chi connectivity index (χ1n) is 13.5. The van der Waals surface area contributed by atoms with E-state index >= 15 is 0 Å². The number of benzene rings is 3. The van der Waals surface area contributed by atoms with Crippen molar-refractivity contribution in [3.05, 3.63) is 96.1 Å². The topological polar surface area (TPSA) is 66.8 Å². The molecule has 0 saturated carbocycles. The number of rotatable bonds is 14. The molecule has 5 nitrogen and oxygen atoms in total. The van der Waals surface area contributed by atoms with Crippen LogP contribution in [0.5, 0.6) is 0 Å². The number of hydrogen-bond acceptors (Lipinski definition) is 5. The molecule has 0 heterocycles. The molecule has 8 heteroatoms. The lowest BCUT2D eigenvalue weighted by Gasteiger charge is -2.43. The molecule has 0 radical (unpaired) electrons. The summed E-state index contributed by atoms with van der Waals surface area (Å²) >= 11 is 3.29. The lowest BCUT2D eigenvalue weighted by Crippen LogP contribution is -2.66. The van der Waals surface area contributed by atoms with Crippen LogP contribution in [-0.4, -0.2) is 55.1 Å². The molecule has 1 atom stereocenters. The van der Waals surface area contributed by atoms with E-state index in [0.29, 0.717) is 13.0 Å². The normalized spacial score (nSPS) is 12.6. The fraction of sp³-hybridized carbons (Fsp3) is 0.375. The molecule has 1 unspecified atom stereocenters. The van der Waals surface area contributed by atoms with Gasteiger partial charge in [0.1, 0.15) is 0 Å². The first-order chi connectivity index (χ1) is 19.0. The van der Waals surface area contributed by atoms with Crippen LogP contribution in [0.3, 0.4) is 0 Å². The van der Waals surface area contributed by atoms with Gasteiger partial charge in [-0.3, -0.25) is 9.59 Å². The highest BCUT2D eigenvalue weighted by Crippen LogP contribution is 2.38. The van der Waals surface area contributed by atoms with E-state index in [9.17, 15) is 14.7 Å². The maximum atomic E-state index is 11.8. The van der Waals surface area contributed by atoms with Crippen LogP contribution in [-0.2, 0) is 20.6 Å². The summed E-state index contributed by atoms with van der Waals surface area (Å²) in [6.07, 6.45) is 0.526. The molecule has 0 saturated heterocycles. The van der Waals surface area contributed by atoms with Crippen LogP contribution in [0, 0.1) is 0 Å². The van der Waals surface area contributed by atoms with Gasteiger partial charge < -0.3 is 14.4 Å². The molecule has 0 fully saturated rings. The Morgan fingerprint density at radius 3 is 2.05 bits per heavy atom. The highest BCUT2D eigenvalue weighted by Gasteiger charge is 2.50. The van der Waals surface area contributed by atoms with Gasteiger partial charge >= 0.3 is 5.97 Å². The molecular formula is C32H41NO4S2Si. The zero-order valence-electron chi connectivity index (χ0n) is 24.1. The monoisotopic (exact) mass is 595 g/mol. The maximum absolute atomic E-state index is 11.8. The molecule has 3 aromatic carbocycles. The summed E-state index contributed by atoms with van der Waals surface area (Å²) in [4.78, 5) is 25.1. The summed E-state index contributed by atoms with van der Waals surface area (Å²) in [5.74, 6) is 0.00308. The highest BCUT2D eigenvalue weighted by atomic mass is 32.2. The van der Waals surface area contributed by atoms with Crippen molar-refractivity contribution in [2.24, 2.45) is 0 Å². The smallest absolute Gasteiger partial charge is 0.304 e. The minimum absolute atomic E-state index is 0.0425. The van der Waals surface area contributed by atoms with Crippen LogP contribution in [0.4, 0.5) is 0 Å². The van der Waals surface area contributed by atoms with Gasteiger partial charge in [-0.15, -0.1) is 11.8 Å². The molecule has 0 aliphatic heterocycles. The molecule has 3 rings (SSSR count). The summed E-state index contributed by atoms with van der Waals surface area (Å²) in [5, 5.41) is 12.5. The molecule has 1 N–H and O–H groups in total. The minimum Gasteiger partial charge on any atom is -0.481 e. The Morgan fingerprint density at radius 1 is 0.925 bits per heavy atom. The Kier molecular flexibility index (Phi) is 11.9. The van der Waals surface area contributed by atoms with Gasteiger partial charge in [0.25, 0.3) is 8.32 Å². The van der Waals surface area contributed by atoms with Crippen LogP contribution in [0.2, 0.25) is 5.04 Å². The third kappa shape index (κ3) is 8.49. The van der Waals surface area contributed by atoms with E-state index in [-0.39, 0.29) is 22.6 Å². The second-order valence-corrected chi connectivity index (χ2v) is 18.0. The first kappa shape index (κ1) is 32.0. The standard InChI is InChI=1S/C32H41NO4S2Si/c1-32(2,3)40(27-15-8-6-9-16-27,28-17-10-7-11-18-28)37-23-25-13-12-14-26(21-25)29(22-31(35)36)39-24-38-20-19-30(34)33(4)5/h6-18,21,29H,19-20,22-24H2,1-5H3,(H,35,36). The molecule has 40 heavy (non-hydrogen) atoms. The van der Waals surface area contributed by atoms with Crippen LogP contribution in [0.15, 0.2) is 84.9 Å². The molecule has 214 valence electrons. The average molecular weight is 596 g/mol. The van der Waals surface area contributed by atoms with Crippen molar-refractivity contribution in [1.29, 1.82) is 0 Å². The predicted molar refractivity (Wildman–Crippen MR) is 172 cm³/mol. The number of carbonyl (C=O) groups excluding carboxylic acids is 1. The van der Waals surface area contributed by atoms with Gasteiger partial charge in [-0.1, -0.05) is 106 Å². The van der Waals surface area contributed by atoms with Crippen molar-refractivity contribution in [3.8, 4) is 0 Å². The van der Waals surface area contributed by atoms with Crippen LogP contribution >= 0.6 is 23.5 Å². The van der Waals surface area contributed by atoms with Crippen LogP contribution in [0.25, 0.3) is 0 Å². The Bertz CT molecular complexity index is 1190. The van der Waals surface area contributed by atoms with E-state index < -0.39 is 14.3 Å². The van der Waals surface area contributed by atoms with Gasteiger partial charge in [0, 0.05) is 36.6 Å². The quantitative estimate of drug-likeness (QED) is 0.136. The second-order valence-electron chi connectivity index (χ2n) is 11.0. The SMILES string of the molecule is CN(C)C(=O)CCSCSC(CC(=O)O)c1cccc(CO[Si](c2ccccc2)(c2ccccc2)C(C)(C)C)c1. The summed E-state index contributed by atoms with van der Waals surface area (Å²) in [6, 6.07) is 29.3. The van der Waals surface area contributed by atoms with Gasteiger partial charge in [0.2, 0.25) is 5.91 Å². The van der Waals surface area contributed by atoms with Crippen molar-refractivity contribution < 1.29 is 19.1 Å². The number of hydrogen-bond donors (Lipinski definition) is 1. The fourth-order valence-electron chi connectivity index (χ4n) is 4.84.